The predicted octanol–water partition coefficient (Wildman–Crippen LogP) is 3.66. The highest BCUT2D eigenvalue weighted by atomic mass is 32.1. The molecule has 1 aromatic heterocycles. The molecule has 0 bridgehead atoms. The van der Waals surface area contributed by atoms with Gasteiger partial charge >= 0.3 is 0 Å². The van der Waals surface area contributed by atoms with E-state index in [0.29, 0.717) is 13.0 Å². The number of hydrogen-bond acceptors (Lipinski definition) is 3. The molecule has 4 heteroatoms. The van der Waals surface area contributed by atoms with Gasteiger partial charge in [0.2, 0.25) is 5.91 Å². The van der Waals surface area contributed by atoms with Crippen LogP contribution in [0, 0.1) is 20.8 Å². The summed E-state index contributed by atoms with van der Waals surface area (Å²) >= 11 is 1.62. The van der Waals surface area contributed by atoms with Crippen LogP contribution in [0.4, 0.5) is 0 Å². The summed E-state index contributed by atoms with van der Waals surface area (Å²) in [6, 6.07) is 6.40. The lowest BCUT2D eigenvalue weighted by Gasteiger charge is -2.16. The fourth-order valence-electron chi connectivity index (χ4n) is 2.37. The van der Waals surface area contributed by atoms with Crippen molar-refractivity contribution in [3.05, 3.63) is 51.0 Å². The molecule has 0 aliphatic heterocycles. The summed E-state index contributed by atoms with van der Waals surface area (Å²) in [6.45, 7) is 6.77. The van der Waals surface area contributed by atoms with Crippen LogP contribution in [0.15, 0.2) is 23.6 Å². The number of aromatic nitrogens is 1. The zero-order valence-electron chi connectivity index (χ0n) is 13.1. The number of carbonyl (C=O) groups excluding carboxylic acids is 1. The topological polar surface area (TPSA) is 33.2 Å². The van der Waals surface area contributed by atoms with Crippen LogP contribution in [0.25, 0.3) is 0 Å². The summed E-state index contributed by atoms with van der Waals surface area (Å²) in [5.41, 5.74) is 4.76. The van der Waals surface area contributed by atoms with E-state index in [2.05, 4.69) is 37.0 Å². The quantitative estimate of drug-likeness (QED) is 0.844. The van der Waals surface area contributed by atoms with E-state index in [1.165, 1.54) is 16.7 Å². The molecule has 1 aromatic carbocycles. The minimum Gasteiger partial charge on any atom is -0.340 e. The summed E-state index contributed by atoms with van der Waals surface area (Å²) in [5, 5.41) is 3.06. The Bertz CT molecular complexity index is 633. The van der Waals surface area contributed by atoms with Gasteiger partial charge in [-0.05, 0) is 38.3 Å². The number of rotatable bonds is 5. The third-order valence-corrected chi connectivity index (χ3v) is 4.42. The Hall–Kier alpha value is -1.68. The summed E-state index contributed by atoms with van der Waals surface area (Å²) in [6.07, 6.45) is 1.34. The maximum atomic E-state index is 12.2. The molecule has 21 heavy (non-hydrogen) atoms. The monoisotopic (exact) mass is 302 g/mol. The molecular formula is C17H22N2OS. The minimum atomic E-state index is 0.167. The zero-order chi connectivity index (χ0) is 15.4. The van der Waals surface area contributed by atoms with Crippen molar-refractivity contribution >= 4 is 17.2 Å². The second kappa shape index (κ2) is 6.85. The van der Waals surface area contributed by atoms with E-state index in [1.807, 2.05) is 19.4 Å². The number of hydrogen-bond donors (Lipinski definition) is 0. The molecule has 1 amide bonds. The molecule has 1 heterocycles. The first-order valence-corrected chi connectivity index (χ1v) is 8.05. The van der Waals surface area contributed by atoms with E-state index in [0.717, 1.165) is 17.1 Å². The maximum Gasteiger partial charge on any atom is 0.222 e. The molecule has 0 unspecified atom stereocenters. The fourth-order valence-corrected chi connectivity index (χ4v) is 2.97. The van der Waals surface area contributed by atoms with E-state index >= 15 is 0 Å². The van der Waals surface area contributed by atoms with Gasteiger partial charge in [0, 0.05) is 18.8 Å². The largest absolute Gasteiger partial charge is 0.340 e. The number of carbonyl (C=O) groups is 1. The van der Waals surface area contributed by atoms with Crippen LogP contribution in [-0.2, 0) is 17.8 Å². The normalized spacial score (nSPS) is 10.7. The molecule has 0 saturated heterocycles. The molecule has 0 saturated carbocycles. The molecule has 2 rings (SSSR count). The molecule has 112 valence electrons. The standard InChI is InChI=1S/C17H22N2OS/c1-12-5-6-15(13(2)9-12)7-8-17(20)19(4)10-16-11-21-14(3)18-16/h5-6,9,11H,7-8,10H2,1-4H3. The lowest BCUT2D eigenvalue weighted by Crippen LogP contribution is -2.26. The summed E-state index contributed by atoms with van der Waals surface area (Å²) < 4.78 is 0. The van der Waals surface area contributed by atoms with Gasteiger partial charge < -0.3 is 4.90 Å². The van der Waals surface area contributed by atoms with Crippen LogP contribution in [0.5, 0.6) is 0 Å². The molecule has 0 atom stereocenters. The molecule has 0 aliphatic carbocycles. The van der Waals surface area contributed by atoms with E-state index in [1.54, 1.807) is 16.2 Å². The van der Waals surface area contributed by atoms with Gasteiger partial charge in [0.05, 0.1) is 17.2 Å². The average Bonchev–Trinajstić information content (AvgIpc) is 2.82. The van der Waals surface area contributed by atoms with Gasteiger partial charge in [-0.25, -0.2) is 4.98 Å². The van der Waals surface area contributed by atoms with E-state index < -0.39 is 0 Å². The number of amides is 1. The van der Waals surface area contributed by atoms with Crippen molar-refractivity contribution in [1.29, 1.82) is 0 Å². The summed E-state index contributed by atoms with van der Waals surface area (Å²) in [7, 11) is 1.85. The second-order valence-corrected chi connectivity index (χ2v) is 6.60. The molecule has 0 spiro atoms. The van der Waals surface area contributed by atoms with Crippen molar-refractivity contribution in [3.8, 4) is 0 Å². The van der Waals surface area contributed by atoms with E-state index in [-0.39, 0.29) is 5.91 Å². The Morgan fingerprint density at radius 1 is 1.29 bits per heavy atom. The third-order valence-electron chi connectivity index (χ3n) is 3.60. The van der Waals surface area contributed by atoms with Crippen molar-refractivity contribution in [2.75, 3.05) is 7.05 Å². The van der Waals surface area contributed by atoms with Gasteiger partial charge in [-0.3, -0.25) is 4.79 Å². The number of aryl methyl sites for hydroxylation is 4. The van der Waals surface area contributed by atoms with Crippen molar-refractivity contribution in [2.24, 2.45) is 0 Å². The van der Waals surface area contributed by atoms with E-state index in [4.69, 9.17) is 0 Å². The van der Waals surface area contributed by atoms with Gasteiger partial charge in [-0.2, -0.15) is 0 Å². The Morgan fingerprint density at radius 3 is 2.67 bits per heavy atom. The maximum absolute atomic E-state index is 12.2. The van der Waals surface area contributed by atoms with Crippen molar-refractivity contribution in [1.82, 2.24) is 9.88 Å². The molecular weight excluding hydrogens is 280 g/mol. The number of thiazole rings is 1. The summed E-state index contributed by atoms with van der Waals surface area (Å²) in [5.74, 6) is 0.167. The molecule has 0 fully saturated rings. The van der Waals surface area contributed by atoms with Gasteiger partial charge in [0.15, 0.2) is 0 Å². The fraction of sp³-hybridized carbons (Fsp3) is 0.412. The molecule has 0 aliphatic rings. The molecule has 0 radical (unpaired) electrons. The molecule has 0 N–H and O–H groups in total. The third kappa shape index (κ3) is 4.39. The average molecular weight is 302 g/mol. The van der Waals surface area contributed by atoms with Crippen LogP contribution >= 0.6 is 11.3 Å². The van der Waals surface area contributed by atoms with Crippen molar-refractivity contribution < 1.29 is 4.79 Å². The van der Waals surface area contributed by atoms with Gasteiger partial charge in [0.1, 0.15) is 0 Å². The second-order valence-electron chi connectivity index (χ2n) is 5.54. The van der Waals surface area contributed by atoms with Gasteiger partial charge in [-0.15, -0.1) is 11.3 Å². The highest BCUT2D eigenvalue weighted by Gasteiger charge is 2.11. The highest BCUT2D eigenvalue weighted by Crippen LogP contribution is 2.14. The lowest BCUT2D eigenvalue weighted by atomic mass is 10.0. The smallest absolute Gasteiger partial charge is 0.222 e. The van der Waals surface area contributed by atoms with Crippen LogP contribution in [-0.4, -0.2) is 22.8 Å². The molecule has 2 aromatic rings. The molecule has 3 nitrogen and oxygen atoms in total. The predicted molar refractivity (Wildman–Crippen MR) is 87.6 cm³/mol. The highest BCUT2D eigenvalue weighted by molar-refractivity contribution is 7.09. The lowest BCUT2D eigenvalue weighted by molar-refractivity contribution is -0.130. The van der Waals surface area contributed by atoms with Crippen LogP contribution in [0.1, 0.15) is 33.8 Å². The van der Waals surface area contributed by atoms with Crippen LogP contribution < -0.4 is 0 Å². The number of nitrogens with zero attached hydrogens (tertiary/aromatic N) is 2. The first-order chi connectivity index (χ1) is 9.95. The van der Waals surface area contributed by atoms with Crippen LogP contribution in [0.3, 0.4) is 0 Å². The number of benzene rings is 1. The first-order valence-electron chi connectivity index (χ1n) is 7.17. The minimum absolute atomic E-state index is 0.167. The Kier molecular flexibility index (Phi) is 5.12. The Morgan fingerprint density at radius 2 is 2.05 bits per heavy atom. The van der Waals surface area contributed by atoms with Crippen molar-refractivity contribution in [3.63, 3.8) is 0 Å². The van der Waals surface area contributed by atoms with E-state index in [9.17, 15) is 4.79 Å². The van der Waals surface area contributed by atoms with Gasteiger partial charge in [0.25, 0.3) is 0 Å². The first kappa shape index (κ1) is 15.7. The Labute approximate surface area is 130 Å². The van der Waals surface area contributed by atoms with Gasteiger partial charge in [-0.1, -0.05) is 23.8 Å². The SMILES string of the molecule is Cc1ccc(CCC(=O)N(C)Cc2csc(C)n2)c(C)c1. The van der Waals surface area contributed by atoms with Crippen molar-refractivity contribution in [2.45, 2.75) is 40.2 Å². The Balaban J connectivity index is 1.89. The van der Waals surface area contributed by atoms with Crippen LogP contribution in [0.2, 0.25) is 0 Å². The zero-order valence-corrected chi connectivity index (χ0v) is 14.0. The summed E-state index contributed by atoms with van der Waals surface area (Å²) in [4.78, 5) is 18.4.